The average Bonchev–Trinajstić information content (AvgIpc) is 2.36. The highest BCUT2D eigenvalue weighted by Gasteiger charge is 2.12. The maximum Gasteiger partial charge on any atom is 0.0725 e. The van der Waals surface area contributed by atoms with E-state index in [4.69, 9.17) is 4.74 Å². The molecule has 58 valence electrons. The topological polar surface area (TPSA) is 9.23 Å². The molecule has 0 amide bonds. The zero-order valence-electron chi connectivity index (χ0n) is 5.73. The third-order valence-electron chi connectivity index (χ3n) is 1.76. The molecule has 11 heavy (non-hydrogen) atoms. The number of benzene rings is 1. The van der Waals surface area contributed by atoms with Crippen LogP contribution in [0.4, 0.5) is 0 Å². The summed E-state index contributed by atoms with van der Waals surface area (Å²) in [6.45, 7) is 1.50. The van der Waals surface area contributed by atoms with E-state index in [9.17, 15) is 0 Å². The van der Waals surface area contributed by atoms with Gasteiger partial charge < -0.3 is 4.74 Å². The second kappa shape index (κ2) is 2.88. The van der Waals surface area contributed by atoms with E-state index in [1.807, 2.05) is 0 Å². The number of hydrogen-bond donors (Lipinski definition) is 0. The summed E-state index contributed by atoms with van der Waals surface area (Å²) in [5.74, 6) is 0. The number of halogens is 2. The van der Waals surface area contributed by atoms with Crippen LogP contribution in [0.25, 0.3) is 0 Å². The van der Waals surface area contributed by atoms with Gasteiger partial charge in [0, 0.05) is 8.95 Å². The zero-order chi connectivity index (χ0) is 7.84. The fourth-order valence-electron chi connectivity index (χ4n) is 1.17. The number of ether oxygens (including phenoxy) is 1. The minimum absolute atomic E-state index is 0.751. The van der Waals surface area contributed by atoms with Gasteiger partial charge in [0.1, 0.15) is 0 Å². The minimum Gasteiger partial charge on any atom is -0.372 e. The van der Waals surface area contributed by atoms with E-state index in [1.165, 1.54) is 11.1 Å². The van der Waals surface area contributed by atoms with Gasteiger partial charge in [0.05, 0.1) is 13.2 Å². The van der Waals surface area contributed by atoms with E-state index in [-0.39, 0.29) is 0 Å². The van der Waals surface area contributed by atoms with Crippen LogP contribution in [0.2, 0.25) is 0 Å². The van der Waals surface area contributed by atoms with Gasteiger partial charge in [-0.2, -0.15) is 0 Å². The Morgan fingerprint density at radius 3 is 1.91 bits per heavy atom. The van der Waals surface area contributed by atoms with Crippen molar-refractivity contribution < 1.29 is 4.74 Å². The molecule has 1 aromatic carbocycles. The lowest BCUT2D eigenvalue weighted by Crippen LogP contribution is -1.82. The molecule has 0 radical (unpaired) electrons. The van der Waals surface area contributed by atoms with E-state index in [2.05, 4.69) is 44.0 Å². The molecular formula is C8H6Br2O. The van der Waals surface area contributed by atoms with Crippen molar-refractivity contribution >= 4 is 31.9 Å². The molecule has 0 spiro atoms. The van der Waals surface area contributed by atoms with E-state index in [0.29, 0.717) is 0 Å². The van der Waals surface area contributed by atoms with E-state index in [1.54, 1.807) is 0 Å². The van der Waals surface area contributed by atoms with Crippen molar-refractivity contribution in [3.05, 3.63) is 32.2 Å². The first-order valence-electron chi connectivity index (χ1n) is 3.32. The Kier molecular flexibility index (Phi) is 2.04. The van der Waals surface area contributed by atoms with Crippen molar-refractivity contribution in [1.82, 2.24) is 0 Å². The van der Waals surface area contributed by atoms with Crippen LogP contribution < -0.4 is 0 Å². The number of hydrogen-bond acceptors (Lipinski definition) is 1. The number of fused-ring (bicyclic) bond motifs is 1. The molecule has 0 bridgehead atoms. The summed E-state index contributed by atoms with van der Waals surface area (Å²) in [4.78, 5) is 0. The highest BCUT2D eigenvalue weighted by Crippen LogP contribution is 2.30. The first-order chi connectivity index (χ1) is 5.27. The molecule has 1 aliphatic heterocycles. The summed E-state index contributed by atoms with van der Waals surface area (Å²) >= 11 is 6.89. The van der Waals surface area contributed by atoms with Crippen molar-refractivity contribution in [1.29, 1.82) is 0 Å². The van der Waals surface area contributed by atoms with Crippen LogP contribution >= 0.6 is 31.9 Å². The molecule has 0 atom stereocenters. The van der Waals surface area contributed by atoms with Gasteiger partial charge in [-0.05, 0) is 55.1 Å². The normalized spacial score (nSPS) is 15.1. The lowest BCUT2D eigenvalue weighted by molar-refractivity contribution is 0.134. The molecule has 0 saturated carbocycles. The maximum atomic E-state index is 5.28. The maximum absolute atomic E-state index is 5.28. The third-order valence-corrected chi connectivity index (χ3v) is 3.60. The van der Waals surface area contributed by atoms with Crippen molar-refractivity contribution in [2.45, 2.75) is 13.2 Å². The highest BCUT2D eigenvalue weighted by atomic mass is 79.9. The lowest BCUT2D eigenvalue weighted by Gasteiger charge is -1.99. The first-order valence-corrected chi connectivity index (χ1v) is 4.90. The molecule has 0 fully saturated rings. The molecule has 1 aromatic rings. The second-order valence-corrected chi connectivity index (χ2v) is 4.24. The Bertz CT molecular complexity index is 267. The Hall–Kier alpha value is 0.140. The zero-order valence-corrected chi connectivity index (χ0v) is 8.91. The predicted molar refractivity (Wildman–Crippen MR) is 50.3 cm³/mol. The minimum atomic E-state index is 0.751. The SMILES string of the molecule is Brc1cc2c(cc1Br)COC2. The molecule has 0 aliphatic carbocycles. The summed E-state index contributed by atoms with van der Waals surface area (Å²) in [5, 5.41) is 0. The molecule has 0 aromatic heterocycles. The lowest BCUT2D eigenvalue weighted by atomic mass is 10.1. The van der Waals surface area contributed by atoms with Gasteiger partial charge in [0.15, 0.2) is 0 Å². The van der Waals surface area contributed by atoms with Crippen LogP contribution in [0.1, 0.15) is 11.1 Å². The number of rotatable bonds is 0. The summed E-state index contributed by atoms with van der Waals surface area (Å²) < 4.78 is 7.48. The Labute approximate surface area is 82.0 Å². The molecule has 0 N–H and O–H groups in total. The summed E-state index contributed by atoms with van der Waals surface area (Å²) in [6, 6.07) is 4.21. The quantitative estimate of drug-likeness (QED) is 0.707. The van der Waals surface area contributed by atoms with Crippen LogP contribution in [0.5, 0.6) is 0 Å². The van der Waals surface area contributed by atoms with E-state index < -0.39 is 0 Å². The molecule has 1 aliphatic rings. The van der Waals surface area contributed by atoms with Gasteiger partial charge in [-0.15, -0.1) is 0 Å². The second-order valence-electron chi connectivity index (χ2n) is 2.53. The summed E-state index contributed by atoms with van der Waals surface area (Å²) in [6.07, 6.45) is 0. The molecule has 2 rings (SSSR count). The van der Waals surface area contributed by atoms with Crippen LogP contribution in [-0.4, -0.2) is 0 Å². The smallest absolute Gasteiger partial charge is 0.0725 e. The largest absolute Gasteiger partial charge is 0.372 e. The van der Waals surface area contributed by atoms with Crippen molar-refractivity contribution in [3.63, 3.8) is 0 Å². The van der Waals surface area contributed by atoms with E-state index >= 15 is 0 Å². The van der Waals surface area contributed by atoms with Gasteiger partial charge in [0.2, 0.25) is 0 Å². The highest BCUT2D eigenvalue weighted by molar-refractivity contribution is 9.13. The van der Waals surface area contributed by atoms with Gasteiger partial charge in [-0.25, -0.2) is 0 Å². The molecule has 1 heterocycles. The molecule has 0 unspecified atom stereocenters. The van der Waals surface area contributed by atoms with Crippen LogP contribution in [-0.2, 0) is 18.0 Å². The third kappa shape index (κ3) is 1.37. The van der Waals surface area contributed by atoms with E-state index in [0.717, 1.165) is 22.2 Å². The van der Waals surface area contributed by atoms with Crippen LogP contribution in [0.15, 0.2) is 21.1 Å². The molecule has 1 nitrogen and oxygen atoms in total. The Morgan fingerprint density at radius 1 is 1.00 bits per heavy atom. The average molecular weight is 278 g/mol. The Balaban J connectivity index is 2.57. The van der Waals surface area contributed by atoms with Crippen LogP contribution in [0, 0.1) is 0 Å². The molecular weight excluding hydrogens is 272 g/mol. The monoisotopic (exact) mass is 276 g/mol. The van der Waals surface area contributed by atoms with Gasteiger partial charge in [0.25, 0.3) is 0 Å². The predicted octanol–water partition coefficient (Wildman–Crippen LogP) is 3.24. The molecule has 0 saturated heterocycles. The van der Waals surface area contributed by atoms with Gasteiger partial charge in [-0.1, -0.05) is 0 Å². The standard InChI is InChI=1S/C8H6Br2O/c9-7-1-5-3-11-4-6(5)2-8(7)10/h1-2H,3-4H2. The van der Waals surface area contributed by atoms with Crippen LogP contribution in [0.3, 0.4) is 0 Å². The molecule has 3 heteroatoms. The van der Waals surface area contributed by atoms with Crippen molar-refractivity contribution in [2.75, 3.05) is 0 Å². The fourth-order valence-corrected chi connectivity index (χ4v) is 1.95. The summed E-state index contributed by atoms with van der Waals surface area (Å²) in [7, 11) is 0. The first kappa shape index (κ1) is 7.77. The van der Waals surface area contributed by atoms with Crippen molar-refractivity contribution in [2.24, 2.45) is 0 Å². The van der Waals surface area contributed by atoms with Gasteiger partial charge >= 0.3 is 0 Å². The van der Waals surface area contributed by atoms with Gasteiger partial charge in [-0.3, -0.25) is 0 Å². The van der Waals surface area contributed by atoms with Crippen molar-refractivity contribution in [3.8, 4) is 0 Å². The summed E-state index contributed by atoms with van der Waals surface area (Å²) in [5.41, 5.74) is 2.58. The Morgan fingerprint density at radius 2 is 1.45 bits per heavy atom. The fraction of sp³-hybridized carbons (Fsp3) is 0.250.